The molecule has 8 aromatic carbocycles. The number of rotatable bonds is 7. The van der Waals surface area contributed by atoms with E-state index in [4.69, 9.17) is 9.72 Å². The molecule has 8 heteroatoms. The molecule has 0 fully saturated rings. The first-order chi connectivity index (χ1) is 30.3. The van der Waals surface area contributed by atoms with E-state index in [1.54, 1.807) is 0 Å². The van der Waals surface area contributed by atoms with Crippen molar-refractivity contribution < 1.29 is 30.4 Å². The molecule has 0 unspecified atom stereocenters. The molecule has 0 saturated heterocycles. The van der Waals surface area contributed by atoms with E-state index in [0.29, 0.717) is 11.5 Å². The average molecular weight is 975 g/mol. The Bertz CT molecular complexity index is 3220. The van der Waals surface area contributed by atoms with Crippen LogP contribution in [0.1, 0.15) is 0 Å². The van der Waals surface area contributed by atoms with Crippen molar-refractivity contribution in [2.75, 3.05) is 9.62 Å². The van der Waals surface area contributed by atoms with Crippen LogP contribution >= 0.6 is 0 Å². The Hall–Kier alpha value is -7.47. The van der Waals surface area contributed by atoms with Gasteiger partial charge < -0.3 is 18.9 Å². The Morgan fingerprint density at radius 3 is 1.82 bits per heavy atom. The predicted molar refractivity (Wildman–Crippen MR) is 244 cm³/mol. The normalized spacial score (nSPS) is 12.3. The van der Waals surface area contributed by atoms with Crippen LogP contribution in [0.25, 0.3) is 55.8 Å². The molecule has 2 aliphatic rings. The van der Waals surface area contributed by atoms with Crippen molar-refractivity contribution >= 4 is 46.4 Å². The SMILES string of the molecule is [Pt].[c-]1c(Oc2[c-]c(-n3[c-][n+](-c4c(-c5ccccc5)cccc4-c4ccccc4)c4ccccc43)ccc2)cccc1N1B2c3ccccc3-c3ccccc3N2c2cccnc21. The van der Waals surface area contributed by atoms with Crippen LogP contribution in [0.15, 0.2) is 206 Å². The average Bonchev–Trinajstić information content (AvgIpc) is 3.89. The number of pyridine rings is 1. The molecule has 10 aromatic rings. The molecule has 12 rings (SSSR count). The Labute approximate surface area is 375 Å². The molecule has 6 nitrogen and oxygen atoms in total. The summed E-state index contributed by atoms with van der Waals surface area (Å²) >= 11 is 0. The molecule has 0 N–H and O–H groups in total. The summed E-state index contributed by atoms with van der Waals surface area (Å²) in [5.74, 6) is 2.01. The molecule has 0 bridgehead atoms. The smallest absolute Gasteiger partial charge is 0.420 e. The Morgan fingerprint density at radius 2 is 1.06 bits per heavy atom. The quantitative estimate of drug-likeness (QED) is 0.0906. The van der Waals surface area contributed by atoms with Gasteiger partial charge in [0.15, 0.2) is 0 Å². The molecule has 0 radical (unpaired) electrons. The van der Waals surface area contributed by atoms with Gasteiger partial charge >= 0.3 is 6.98 Å². The minimum absolute atomic E-state index is 0. The van der Waals surface area contributed by atoms with Crippen molar-refractivity contribution in [3.63, 3.8) is 0 Å². The second-order valence-corrected chi connectivity index (χ2v) is 15.2. The van der Waals surface area contributed by atoms with Gasteiger partial charge in [-0.15, -0.1) is 30.3 Å². The van der Waals surface area contributed by atoms with Crippen LogP contribution in [0.2, 0.25) is 0 Å². The van der Waals surface area contributed by atoms with E-state index in [2.05, 4.69) is 201 Å². The summed E-state index contributed by atoms with van der Waals surface area (Å²) in [4.78, 5) is 9.61. The summed E-state index contributed by atoms with van der Waals surface area (Å²) in [6, 6.07) is 76.7. The first kappa shape index (κ1) is 37.5. The fourth-order valence-electron chi connectivity index (χ4n) is 9.06. The molecule has 0 spiro atoms. The van der Waals surface area contributed by atoms with Crippen LogP contribution < -0.4 is 24.4 Å². The van der Waals surface area contributed by atoms with Gasteiger partial charge in [0.25, 0.3) is 6.33 Å². The van der Waals surface area contributed by atoms with Crippen molar-refractivity contribution in [1.82, 2.24) is 9.55 Å². The molecular weight excluding hydrogens is 941 g/mol. The second-order valence-electron chi connectivity index (χ2n) is 15.2. The molecule has 2 aliphatic heterocycles. The summed E-state index contributed by atoms with van der Waals surface area (Å²) in [5.41, 5.74) is 15.0. The number of hydrogen-bond donors (Lipinski definition) is 0. The number of ether oxygens (including phenoxy) is 1. The standard InChI is InChI=1S/C54H34BN5O.Pt/c1-3-17-38(18-4-1)44-27-15-28-45(39-19-5-2-6-20-39)53(44)58-37-57(50-31-11-12-32-51(50)58)40-21-13-23-42(35-40)61-43-24-14-22-41(36-43)59-54-52(33-16-34-56-54)60-49-30-10-8-26-47(49)46-25-7-9-29-48(46)55(59)60;/h1-34H;/q-2;. The summed E-state index contributed by atoms with van der Waals surface area (Å²) in [6.07, 6.45) is 5.61. The third-order valence-corrected chi connectivity index (χ3v) is 11.7. The fraction of sp³-hybridized carbons (Fsp3) is 0. The number of anilines is 4. The minimum atomic E-state index is -0.156. The van der Waals surface area contributed by atoms with Crippen molar-refractivity contribution in [2.45, 2.75) is 0 Å². The number of fused-ring (bicyclic) bond motifs is 9. The molecule has 4 heterocycles. The third kappa shape index (κ3) is 6.16. The van der Waals surface area contributed by atoms with Gasteiger partial charge in [-0.05, 0) is 57.2 Å². The van der Waals surface area contributed by atoms with Crippen LogP contribution in [0.5, 0.6) is 11.5 Å². The van der Waals surface area contributed by atoms with Crippen molar-refractivity contribution in [2.24, 2.45) is 0 Å². The minimum Gasteiger partial charge on any atom is -0.510 e. The van der Waals surface area contributed by atoms with Crippen LogP contribution in [0, 0.1) is 18.5 Å². The van der Waals surface area contributed by atoms with E-state index >= 15 is 0 Å². The molecular formula is C54H34BN5OPt-2. The molecule has 2 aromatic heterocycles. The van der Waals surface area contributed by atoms with Gasteiger partial charge in [0.1, 0.15) is 5.82 Å². The van der Waals surface area contributed by atoms with Crippen LogP contribution in [-0.2, 0) is 21.1 Å². The van der Waals surface area contributed by atoms with E-state index in [-0.39, 0.29) is 28.0 Å². The first-order valence-corrected chi connectivity index (χ1v) is 20.4. The second kappa shape index (κ2) is 15.5. The Morgan fingerprint density at radius 1 is 0.484 bits per heavy atom. The third-order valence-electron chi connectivity index (χ3n) is 11.7. The first-order valence-electron chi connectivity index (χ1n) is 20.4. The van der Waals surface area contributed by atoms with Crippen molar-refractivity contribution in [1.29, 1.82) is 0 Å². The van der Waals surface area contributed by atoms with Gasteiger partial charge in [0.05, 0.1) is 22.4 Å². The van der Waals surface area contributed by atoms with Gasteiger partial charge in [0, 0.05) is 50.0 Å². The summed E-state index contributed by atoms with van der Waals surface area (Å²) in [5, 5.41) is 0. The monoisotopic (exact) mass is 974 g/mol. The predicted octanol–water partition coefficient (Wildman–Crippen LogP) is 11.5. The van der Waals surface area contributed by atoms with Gasteiger partial charge in [-0.1, -0.05) is 151 Å². The fourth-order valence-corrected chi connectivity index (χ4v) is 9.06. The zero-order valence-electron chi connectivity index (χ0n) is 33.2. The number of nitrogens with zero attached hydrogens (tertiary/aromatic N) is 5. The van der Waals surface area contributed by atoms with Crippen molar-refractivity contribution in [3.05, 3.63) is 225 Å². The maximum absolute atomic E-state index is 6.64. The maximum Gasteiger partial charge on any atom is 0.420 e. The molecule has 0 atom stereocenters. The van der Waals surface area contributed by atoms with E-state index in [0.717, 1.165) is 67.5 Å². The number of aromatic nitrogens is 3. The number of hydrogen-bond acceptors (Lipinski definition) is 4. The largest absolute Gasteiger partial charge is 0.510 e. The van der Waals surface area contributed by atoms with Crippen LogP contribution in [0.4, 0.5) is 22.9 Å². The molecule has 62 heavy (non-hydrogen) atoms. The zero-order valence-corrected chi connectivity index (χ0v) is 35.4. The van der Waals surface area contributed by atoms with Gasteiger partial charge in [-0.25, -0.2) is 4.98 Å². The number of para-hydroxylation sites is 4. The Kier molecular flexibility index (Phi) is 9.40. The molecule has 0 aliphatic carbocycles. The van der Waals surface area contributed by atoms with E-state index in [1.165, 1.54) is 16.6 Å². The van der Waals surface area contributed by atoms with Crippen molar-refractivity contribution in [3.8, 4) is 56.3 Å². The van der Waals surface area contributed by atoms with Gasteiger partial charge in [-0.3, -0.25) is 4.57 Å². The maximum atomic E-state index is 6.64. The zero-order chi connectivity index (χ0) is 40.3. The molecule has 296 valence electrons. The van der Waals surface area contributed by atoms with Gasteiger partial charge in [0.2, 0.25) is 0 Å². The number of imidazole rings is 1. The Balaban J connectivity index is 0.00000432. The number of benzene rings is 8. The topological polar surface area (TPSA) is 37.4 Å². The summed E-state index contributed by atoms with van der Waals surface area (Å²) in [6.45, 7) is -0.156. The summed E-state index contributed by atoms with van der Waals surface area (Å²) < 4.78 is 10.9. The van der Waals surface area contributed by atoms with Crippen LogP contribution in [0.3, 0.4) is 0 Å². The van der Waals surface area contributed by atoms with Crippen LogP contribution in [-0.4, -0.2) is 16.5 Å². The van der Waals surface area contributed by atoms with E-state index < -0.39 is 0 Å². The summed E-state index contributed by atoms with van der Waals surface area (Å²) in [7, 11) is 0. The van der Waals surface area contributed by atoms with Gasteiger partial charge in [-0.2, -0.15) is 18.2 Å². The van der Waals surface area contributed by atoms with E-state index in [9.17, 15) is 0 Å². The van der Waals surface area contributed by atoms with E-state index in [1.807, 2.05) is 42.6 Å². The molecule has 0 saturated carbocycles. The molecule has 0 amide bonds.